The third-order valence-electron chi connectivity index (χ3n) is 4.15. The molecule has 0 radical (unpaired) electrons. The first-order chi connectivity index (χ1) is 11.9. The van der Waals surface area contributed by atoms with Gasteiger partial charge in [0.25, 0.3) is 0 Å². The van der Waals surface area contributed by atoms with E-state index in [1.807, 2.05) is 31.2 Å². The lowest BCUT2D eigenvalue weighted by atomic mass is 10.1. The summed E-state index contributed by atoms with van der Waals surface area (Å²) in [5, 5.41) is 2.84. The van der Waals surface area contributed by atoms with E-state index in [-0.39, 0.29) is 18.5 Å². The lowest BCUT2D eigenvalue weighted by Crippen LogP contribution is -2.36. The van der Waals surface area contributed by atoms with E-state index in [0.717, 1.165) is 17.7 Å². The summed E-state index contributed by atoms with van der Waals surface area (Å²) < 4.78 is 31.6. The van der Waals surface area contributed by atoms with Crippen molar-refractivity contribution in [1.82, 2.24) is 10.2 Å². The Labute approximate surface area is 146 Å². The average molecular weight is 348 g/mol. The molecule has 0 aromatic heterocycles. The van der Waals surface area contributed by atoms with Crippen LogP contribution in [-0.2, 0) is 11.3 Å². The third-order valence-corrected chi connectivity index (χ3v) is 4.15. The summed E-state index contributed by atoms with van der Waals surface area (Å²) in [6, 6.07) is 11.0. The minimum Gasteiger partial charge on any atom is -0.496 e. The van der Waals surface area contributed by atoms with E-state index in [2.05, 4.69) is 5.32 Å². The maximum atomic E-state index is 13.4. The van der Waals surface area contributed by atoms with Crippen LogP contribution in [0.1, 0.15) is 24.1 Å². The van der Waals surface area contributed by atoms with Crippen molar-refractivity contribution >= 4 is 5.91 Å². The van der Waals surface area contributed by atoms with Crippen LogP contribution in [0, 0.1) is 11.6 Å². The zero-order valence-corrected chi connectivity index (χ0v) is 14.6. The van der Waals surface area contributed by atoms with Gasteiger partial charge in [0.15, 0.2) is 11.6 Å². The number of likely N-dealkylation sites (N-methyl/N-ethyl adjacent to an activating group) is 1. The quantitative estimate of drug-likeness (QED) is 0.835. The molecule has 4 nitrogen and oxygen atoms in total. The molecule has 0 fully saturated rings. The predicted octanol–water partition coefficient (Wildman–Crippen LogP) is 3.28. The smallest absolute Gasteiger partial charge is 0.234 e. The molecular formula is C19H22F2N2O2. The Kier molecular flexibility index (Phi) is 6.47. The van der Waals surface area contributed by atoms with Gasteiger partial charge in [-0.15, -0.1) is 0 Å². The fraction of sp³-hybridized carbons (Fsp3) is 0.316. The number of halogens is 2. The van der Waals surface area contributed by atoms with Gasteiger partial charge in [-0.25, -0.2) is 8.78 Å². The van der Waals surface area contributed by atoms with E-state index in [1.165, 1.54) is 6.07 Å². The summed E-state index contributed by atoms with van der Waals surface area (Å²) >= 11 is 0. The van der Waals surface area contributed by atoms with E-state index in [0.29, 0.717) is 17.9 Å². The van der Waals surface area contributed by atoms with Crippen molar-refractivity contribution < 1.29 is 18.3 Å². The first kappa shape index (κ1) is 18.9. The summed E-state index contributed by atoms with van der Waals surface area (Å²) in [5.41, 5.74) is 1.49. The van der Waals surface area contributed by atoms with Crippen LogP contribution in [0.25, 0.3) is 0 Å². The van der Waals surface area contributed by atoms with Gasteiger partial charge in [0.1, 0.15) is 5.75 Å². The highest BCUT2D eigenvalue weighted by Gasteiger charge is 2.16. The number of methoxy groups -OCH3 is 1. The topological polar surface area (TPSA) is 41.6 Å². The molecule has 2 aromatic carbocycles. The fourth-order valence-electron chi connectivity index (χ4n) is 2.49. The Balaban J connectivity index is 1.91. The normalized spacial score (nSPS) is 12.1. The summed E-state index contributed by atoms with van der Waals surface area (Å²) in [5.74, 6) is -1.22. The molecule has 1 amide bonds. The Morgan fingerprint density at radius 2 is 1.92 bits per heavy atom. The molecule has 0 saturated heterocycles. The van der Waals surface area contributed by atoms with E-state index < -0.39 is 11.6 Å². The number of carbonyl (C=O) groups excluding carboxylic acids is 1. The molecule has 0 aliphatic heterocycles. The number of para-hydroxylation sites is 1. The Bertz CT molecular complexity index is 737. The van der Waals surface area contributed by atoms with E-state index in [9.17, 15) is 13.6 Å². The standard InChI is InChI=1S/C19H22F2N2O2/c1-13(14-8-9-16(20)17(21)10-14)23(2)12-19(24)22-11-15-6-4-5-7-18(15)25-3/h4-10,13H,11-12H2,1-3H3,(H,22,24). The first-order valence-electron chi connectivity index (χ1n) is 7.96. The lowest BCUT2D eigenvalue weighted by Gasteiger charge is -2.24. The highest BCUT2D eigenvalue weighted by molar-refractivity contribution is 5.78. The van der Waals surface area contributed by atoms with Crippen LogP contribution in [0.5, 0.6) is 5.75 Å². The summed E-state index contributed by atoms with van der Waals surface area (Å²) in [4.78, 5) is 13.9. The van der Waals surface area contributed by atoms with Crippen molar-refractivity contribution in [1.29, 1.82) is 0 Å². The number of nitrogens with zero attached hydrogens (tertiary/aromatic N) is 1. The second-order valence-corrected chi connectivity index (χ2v) is 5.85. The largest absolute Gasteiger partial charge is 0.496 e. The predicted molar refractivity (Wildman–Crippen MR) is 92.2 cm³/mol. The Morgan fingerprint density at radius 1 is 1.20 bits per heavy atom. The van der Waals surface area contributed by atoms with Crippen LogP contribution < -0.4 is 10.1 Å². The van der Waals surface area contributed by atoms with Gasteiger partial charge in [0, 0.05) is 18.2 Å². The first-order valence-corrected chi connectivity index (χ1v) is 7.96. The van der Waals surface area contributed by atoms with Crippen molar-refractivity contribution in [2.75, 3.05) is 20.7 Å². The van der Waals surface area contributed by atoms with E-state index >= 15 is 0 Å². The van der Waals surface area contributed by atoms with Gasteiger partial charge in [-0.05, 0) is 37.7 Å². The molecule has 1 N–H and O–H groups in total. The lowest BCUT2D eigenvalue weighted by molar-refractivity contribution is -0.122. The molecule has 2 aromatic rings. The van der Waals surface area contributed by atoms with Crippen LogP contribution >= 0.6 is 0 Å². The molecule has 0 saturated carbocycles. The van der Waals surface area contributed by atoms with Crippen LogP contribution in [0.2, 0.25) is 0 Å². The van der Waals surface area contributed by atoms with Gasteiger partial charge >= 0.3 is 0 Å². The third kappa shape index (κ3) is 5.00. The number of ether oxygens (including phenoxy) is 1. The van der Waals surface area contributed by atoms with Crippen LogP contribution in [-0.4, -0.2) is 31.5 Å². The highest BCUT2D eigenvalue weighted by Crippen LogP contribution is 2.21. The summed E-state index contributed by atoms with van der Waals surface area (Å²) in [6.45, 7) is 2.33. The fourth-order valence-corrected chi connectivity index (χ4v) is 2.49. The summed E-state index contributed by atoms with van der Waals surface area (Å²) in [7, 11) is 3.34. The number of amides is 1. The van der Waals surface area contributed by atoms with Gasteiger partial charge in [-0.1, -0.05) is 24.3 Å². The highest BCUT2D eigenvalue weighted by atomic mass is 19.2. The number of hydrogen-bond acceptors (Lipinski definition) is 3. The molecule has 0 bridgehead atoms. The number of nitrogens with one attached hydrogen (secondary N) is 1. The molecule has 1 unspecified atom stereocenters. The molecule has 0 aliphatic carbocycles. The van der Waals surface area contributed by atoms with Gasteiger partial charge in [0.2, 0.25) is 5.91 Å². The number of hydrogen-bond donors (Lipinski definition) is 1. The zero-order chi connectivity index (χ0) is 18.4. The van der Waals surface area contributed by atoms with Gasteiger partial charge in [0.05, 0.1) is 13.7 Å². The van der Waals surface area contributed by atoms with Crippen molar-refractivity contribution in [3.8, 4) is 5.75 Å². The zero-order valence-electron chi connectivity index (χ0n) is 14.6. The molecule has 2 rings (SSSR count). The van der Waals surface area contributed by atoms with Crippen molar-refractivity contribution in [3.63, 3.8) is 0 Å². The van der Waals surface area contributed by atoms with Crippen molar-refractivity contribution in [3.05, 3.63) is 65.2 Å². The van der Waals surface area contributed by atoms with Crippen LogP contribution in [0.3, 0.4) is 0 Å². The second kappa shape index (κ2) is 8.58. The molecule has 134 valence electrons. The van der Waals surface area contributed by atoms with Crippen LogP contribution in [0.15, 0.2) is 42.5 Å². The van der Waals surface area contributed by atoms with Crippen molar-refractivity contribution in [2.24, 2.45) is 0 Å². The van der Waals surface area contributed by atoms with Gasteiger partial charge in [-0.3, -0.25) is 9.69 Å². The number of benzene rings is 2. The molecule has 1 atom stereocenters. The molecule has 0 aliphatic rings. The van der Waals surface area contributed by atoms with Crippen LogP contribution in [0.4, 0.5) is 8.78 Å². The number of carbonyl (C=O) groups is 1. The number of rotatable bonds is 7. The maximum Gasteiger partial charge on any atom is 0.234 e. The Hall–Kier alpha value is -2.47. The SMILES string of the molecule is COc1ccccc1CNC(=O)CN(C)C(C)c1ccc(F)c(F)c1. The minimum atomic E-state index is -0.890. The van der Waals surface area contributed by atoms with Gasteiger partial charge < -0.3 is 10.1 Å². The maximum absolute atomic E-state index is 13.4. The molecule has 0 heterocycles. The molecule has 0 spiro atoms. The average Bonchev–Trinajstić information content (AvgIpc) is 2.61. The molecule has 6 heteroatoms. The summed E-state index contributed by atoms with van der Waals surface area (Å²) in [6.07, 6.45) is 0. The Morgan fingerprint density at radius 3 is 2.60 bits per heavy atom. The second-order valence-electron chi connectivity index (χ2n) is 5.85. The van der Waals surface area contributed by atoms with E-state index in [4.69, 9.17) is 4.74 Å². The molecule has 25 heavy (non-hydrogen) atoms. The monoisotopic (exact) mass is 348 g/mol. The van der Waals surface area contributed by atoms with Gasteiger partial charge in [-0.2, -0.15) is 0 Å². The van der Waals surface area contributed by atoms with Crippen molar-refractivity contribution in [2.45, 2.75) is 19.5 Å². The molecular weight excluding hydrogens is 326 g/mol. The van der Waals surface area contributed by atoms with E-state index in [1.54, 1.807) is 19.1 Å². The minimum absolute atomic E-state index is 0.134.